The molecule has 0 aliphatic heterocycles. The van der Waals surface area contributed by atoms with Crippen LogP contribution in [0, 0.1) is 0 Å². The Bertz CT molecular complexity index is 120. The molecular formula is C11H25NO3. The van der Waals surface area contributed by atoms with Crippen molar-refractivity contribution in [3.05, 3.63) is 0 Å². The summed E-state index contributed by atoms with van der Waals surface area (Å²) >= 11 is 0. The van der Waals surface area contributed by atoms with Crippen LogP contribution in [0.25, 0.3) is 0 Å². The third kappa shape index (κ3) is 13.8. The Kier molecular flexibility index (Phi) is 11.8. The van der Waals surface area contributed by atoms with Crippen molar-refractivity contribution in [2.45, 2.75) is 32.2 Å². The first kappa shape index (κ1) is 14.8. The lowest BCUT2D eigenvalue weighted by atomic mass is 10.2. The molecule has 0 aromatic carbocycles. The molecule has 0 radical (unpaired) electrons. The molecule has 0 amide bonds. The largest absolute Gasteiger partial charge is 0.382 e. The van der Waals surface area contributed by atoms with Crippen molar-refractivity contribution in [1.29, 1.82) is 0 Å². The van der Waals surface area contributed by atoms with Gasteiger partial charge in [0.2, 0.25) is 0 Å². The van der Waals surface area contributed by atoms with Crippen LogP contribution in [0.5, 0.6) is 0 Å². The number of ether oxygens (including phenoxy) is 3. The molecule has 0 aromatic rings. The minimum atomic E-state index is 0.283. The first-order chi connectivity index (χ1) is 7.27. The molecule has 0 heterocycles. The van der Waals surface area contributed by atoms with Crippen molar-refractivity contribution < 1.29 is 14.2 Å². The summed E-state index contributed by atoms with van der Waals surface area (Å²) in [5.74, 6) is 0. The third-order valence-corrected chi connectivity index (χ3v) is 1.96. The number of hydrogen-bond acceptors (Lipinski definition) is 4. The molecular weight excluding hydrogens is 194 g/mol. The Morgan fingerprint density at radius 1 is 0.933 bits per heavy atom. The summed E-state index contributed by atoms with van der Waals surface area (Å²) in [4.78, 5) is 0. The van der Waals surface area contributed by atoms with E-state index >= 15 is 0 Å². The number of methoxy groups -OCH3 is 1. The molecule has 0 saturated heterocycles. The second kappa shape index (κ2) is 11.9. The van der Waals surface area contributed by atoms with Crippen LogP contribution < -0.4 is 5.73 Å². The van der Waals surface area contributed by atoms with Gasteiger partial charge in [-0.1, -0.05) is 0 Å². The molecule has 2 N–H and O–H groups in total. The highest BCUT2D eigenvalue weighted by atomic mass is 16.5. The van der Waals surface area contributed by atoms with Gasteiger partial charge in [0.25, 0.3) is 0 Å². The van der Waals surface area contributed by atoms with Crippen molar-refractivity contribution in [3.63, 3.8) is 0 Å². The Morgan fingerprint density at radius 3 is 2.13 bits per heavy atom. The second-order valence-corrected chi connectivity index (χ2v) is 3.69. The van der Waals surface area contributed by atoms with Crippen molar-refractivity contribution in [2.24, 2.45) is 5.73 Å². The molecule has 0 spiro atoms. The topological polar surface area (TPSA) is 53.7 Å². The summed E-state index contributed by atoms with van der Waals surface area (Å²) in [6.45, 7) is 5.67. The molecule has 1 atom stereocenters. The van der Waals surface area contributed by atoms with Crippen molar-refractivity contribution in [3.8, 4) is 0 Å². The minimum absolute atomic E-state index is 0.283. The van der Waals surface area contributed by atoms with Gasteiger partial charge in [-0.25, -0.2) is 0 Å². The van der Waals surface area contributed by atoms with E-state index in [0.29, 0.717) is 13.2 Å². The zero-order valence-electron chi connectivity index (χ0n) is 10.0. The highest BCUT2D eigenvalue weighted by Gasteiger charge is 1.94. The van der Waals surface area contributed by atoms with Crippen LogP contribution in [0.1, 0.15) is 26.2 Å². The Morgan fingerprint density at radius 2 is 1.53 bits per heavy atom. The van der Waals surface area contributed by atoms with E-state index in [2.05, 4.69) is 0 Å². The molecule has 0 aliphatic carbocycles. The zero-order chi connectivity index (χ0) is 11.4. The van der Waals surface area contributed by atoms with Gasteiger partial charge in [-0.3, -0.25) is 0 Å². The normalized spacial score (nSPS) is 13.0. The van der Waals surface area contributed by atoms with E-state index in [1.165, 1.54) is 0 Å². The first-order valence-electron chi connectivity index (χ1n) is 5.67. The summed E-state index contributed by atoms with van der Waals surface area (Å²) in [6.07, 6.45) is 3.02. The maximum absolute atomic E-state index is 5.61. The Hall–Kier alpha value is -0.160. The van der Waals surface area contributed by atoms with Gasteiger partial charge >= 0.3 is 0 Å². The van der Waals surface area contributed by atoms with Gasteiger partial charge in [-0.2, -0.15) is 0 Å². The summed E-state index contributed by atoms with van der Waals surface area (Å²) < 4.78 is 15.6. The molecule has 15 heavy (non-hydrogen) atoms. The van der Waals surface area contributed by atoms with Gasteiger partial charge in [0.15, 0.2) is 0 Å². The van der Waals surface area contributed by atoms with E-state index in [-0.39, 0.29) is 6.04 Å². The van der Waals surface area contributed by atoms with Crippen LogP contribution in [0.4, 0.5) is 0 Å². The lowest BCUT2D eigenvalue weighted by Gasteiger charge is -2.06. The summed E-state index contributed by atoms with van der Waals surface area (Å²) in [6, 6.07) is 0.283. The number of nitrogens with two attached hydrogens (primary N) is 1. The summed E-state index contributed by atoms with van der Waals surface area (Å²) in [5.41, 5.74) is 5.61. The quantitative estimate of drug-likeness (QED) is 0.530. The first-order valence-corrected chi connectivity index (χ1v) is 5.67. The van der Waals surface area contributed by atoms with Gasteiger partial charge in [-0.15, -0.1) is 0 Å². The highest BCUT2D eigenvalue weighted by Crippen LogP contribution is 1.94. The molecule has 4 nitrogen and oxygen atoms in total. The fraction of sp³-hybridized carbons (Fsp3) is 1.00. The smallest absolute Gasteiger partial charge is 0.0700 e. The Labute approximate surface area is 93.1 Å². The van der Waals surface area contributed by atoms with Crippen molar-refractivity contribution in [1.82, 2.24) is 0 Å². The maximum Gasteiger partial charge on any atom is 0.0700 e. The van der Waals surface area contributed by atoms with E-state index in [9.17, 15) is 0 Å². The zero-order valence-corrected chi connectivity index (χ0v) is 10.0. The summed E-state index contributed by atoms with van der Waals surface area (Å²) in [7, 11) is 1.67. The molecule has 1 unspecified atom stereocenters. The lowest BCUT2D eigenvalue weighted by molar-refractivity contribution is 0.0507. The molecule has 4 heteroatoms. The van der Waals surface area contributed by atoms with E-state index < -0.39 is 0 Å². The number of rotatable bonds is 11. The van der Waals surface area contributed by atoms with Crippen LogP contribution in [-0.4, -0.2) is 46.2 Å². The molecule has 0 aromatic heterocycles. The van der Waals surface area contributed by atoms with Crippen molar-refractivity contribution >= 4 is 0 Å². The van der Waals surface area contributed by atoms with Gasteiger partial charge < -0.3 is 19.9 Å². The van der Waals surface area contributed by atoms with E-state index in [1.807, 2.05) is 6.92 Å². The second-order valence-electron chi connectivity index (χ2n) is 3.69. The van der Waals surface area contributed by atoms with Crippen molar-refractivity contribution in [2.75, 3.05) is 40.1 Å². The monoisotopic (exact) mass is 219 g/mol. The van der Waals surface area contributed by atoms with E-state index in [0.717, 1.165) is 39.1 Å². The third-order valence-electron chi connectivity index (χ3n) is 1.96. The molecule has 0 fully saturated rings. The van der Waals surface area contributed by atoms with Gasteiger partial charge in [0, 0.05) is 33.0 Å². The van der Waals surface area contributed by atoms with Gasteiger partial charge in [0.1, 0.15) is 0 Å². The van der Waals surface area contributed by atoms with Crippen LogP contribution in [-0.2, 0) is 14.2 Å². The molecule has 0 rings (SSSR count). The SMILES string of the molecule is COCCOCCCOCCCC(C)N. The highest BCUT2D eigenvalue weighted by molar-refractivity contribution is 4.51. The van der Waals surface area contributed by atoms with Gasteiger partial charge in [-0.05, 0) is 26.2 Å². The van der Waals surface area contributed by atoms with Crippen LogP contribution in [0.15, 0.2) is 0 Å². The number of hydrogen-bond donors (Lipinski definition) is 1. The standard InChI is InChI=1S/C11H25NO3/c1-11(12)5-3-6-14-7-4-8-15-10-9-13-2/h11H,3-10,12H2,1-2H3. The fourth-order valence-corrected chi connectivity index (χ4v) is 1.12. The van der Waals surface area contributed by atoms with Crippen LogP contribution in [0.3, 0.4) is 0 Å². The predicted molar refractivity (Wildman–Crippen MR) is 61.0 cm³/mol. The fourth-order valence-electron chi connectivity index (χ4n) is 1.12. The van der Waals surface area contributed by atoms with Crippen LogP contribution in [0.2, 0.25) is 0 Å². The van der Waals surface area contributed by atoms with Crippen LogP contribution >= 0.6 is 0 Å². The summed E-state index contributed by atoms with van der Waals surface area (Å²) in [5, 5.41) is 0. The molecule has 0 saturated carbocycles. The molecule has 0 aliphatic rings. The minimum Gasteiger partial charge on any atom is -0.382 e. The lowest BCUT2D eigenvalue weighted by Crippen LogP contribution is -2.15. The maximum atomic E-state index is 5.61. The Balaban J connectivity index is 2.87. The average molecular weight is 219 g/mol. The predicted octanol–water partition coefficient (Wildman–Crippen LogP) is 1.18. The van der Waals surface area contributed by atoms with E-state index in [4.69, 9.17) is 19.9 Å². The molecule has 92 valence electrons. The van der Waals surface area contributed by atoms with Gasteiger partial charge in [0.05, 0.1) is 13.2 Å². The van der Waals surface area contributed by atoms with E-state index in [1.54, 1.807) is 7.11 Å². The average Bonchev–Trinajstić information content (AvgIpc) is 2.20. The molecule has 0 bridgehead atoms.